The number of ketones is 1. The highest BCUT2D eigenvalue weighted by Gasteiger charge is 2.18. The van der Waals surface area contributed by atoms with Crippen molar-refractivity contribution in [2.75, 3.05) is 11.9 Å². The molecule has 6 nitrogen and oxygen atoms in total. The highest BCUT2D eigenvalue weighted by molar-refractivity contribution is 6.09. The lowest BCUT2D eigenvalue weighted by Gasteiger charge is -2.14. The van der Waals surface area contributed by atoms with Crippen LogP contribution in [0.2, 0.25) is 0 Å². The van der Waals surface area contributed by atoms with Gasteiger partial charge in [-0.2, -0.15) is 0 Å². The van der Waals surface area contributed by atoms with E-state index in [0.29, 0.717) is 22.6 Å². The van der Waals surface area contributed by atoms with E-state index >= 15 is 0 Å². The molecule has 0 saturated heterocycles. The van der Waals surface area contributed by atoms with Crippen LogP contribution in [0.1, 0.15) is 22.8 Å². The smallest absolute Gasteiger partial charge is 0.344 e. The normalized spacial score (nSPS) is 11.2. The van der Waals surface area contributed by atoms with Gasteiger partial charge in [0.1, 0.15) is 5.75 Å². The largest absolute Gasteiger partial charge is 0.482 e. The third-order valence-corrected chi connectivity index (χ3v) is 4.23. The second kappa shape index (κ2) is 10.0. The average molecular weight is 403 g/mol. The summed E-state index contributed by atoms with van der Waals surface area (Å²) >= 11 is 0. The van der Waals surface area contributed by atoms with Crippen LogP contribution in [0.4, 0.5) is 5.69 Å². The Morgan fingerprint density at radius 2 is 1.37 bits per heavy atom. The first-order chi connectivity index (χ1) is 14.5. The van der Waals surface area contributed by atoms with Crippen molar-refractivity contribution in [3.63, 3.8) is 0 Å². The van der Waals surface area contributed by atoms with Crippen molar-refractivity contribution in [1.29, 1.82) is 0 Å². The molecular weight excluding hydrogens is 382 g/mol. The van der Waals surface area contributed by atoms with E-state index in [0.717, 1.165) is 0 Å². The summed E-state index contributed by atoms with van der Waals surface area (Å²) in [6.45, 7) is 1.13. The van der Waals surface area contributed by atoms with Gasteiger partial charge < -0.3 is 14.8 Å². The summed E-state index contributed by atoms with van der Waals surface area (Å²) in [7, 11) is 0. The van der Waals surface area contributed by atoms with Crippen LogP contribution in [0, 0.1) is 0 Å². The monoisotopic (exact) mass is 403 g/mol. The van der Waals surface area contributed by atoms with Crippen LogP contribution in [0.25, 0.3) is 0 Å². The number of hydrogen-bond donors (Lipinski definition) is 1. The zero-order valence-electron chi connectivity index (χ0n) is 16.4. The van der Waals surface area contributed by atoms with Crippen molar-refractivity contribution < 1.29 is 23.9 Å². The van der Waals surface area contributed by atoms with E-state index in [-0.39, 0.29) is 12.4 Å². The highest BCUT2D eigenvalue weighted by atomic mass is 16.6. The second-order valence-electron chi connectivity index (χ2n) is 6.50. The van der Waals surface area contributed by atoms with Gasteiger partial charge in [-0.25, -0.2) is 4.79 Å². The quantitative estimate of drug-likeness (QED) is 0.456. The lowest BCUT2D eigenvalue weighted by molar-refractivity contribution is -0.155. The zero-order valence-corrected chi connectivity index (χ0v) is 16.4. The number of carbonyl (C=O) groups excluding carboxylic acids is 3. The van der Waals surface area contributed by atoms with Gasteiger partial charge in [0.2, 0.25) is 0 Å². The van der Waals surface area contributed by atoms with Gasteiger partial charge in [0.15, 0.2) is 18.5 Å². The summed E-state index contributed by atoms with van der Waals surface area (Å²) in [6.07, 6.45) is -0.966. The van der Waals surface area contributed by atoms with Crippen LogP contribution < -0.4 is 10.1 Å². The number of hydrogen-bond acceptors (Lipinski definition) is 5. The fraction of sp³-hybridized carbons (Fsp3) is 0.125. The third kappa shape index (κ3) is 5.78. The van der Waals surface area contributed by atoms with E-state index in [9.17, 15) is 14.4 Å². The number of amides is 1. The molecule has 3 aromatic carbocycles. The fourth-order valence-electron chi connectivity index (χ4n) is 2.65. The number of para-hydroxylation sites is 1. The summed E-state index contributed by atoms with van der Waals surface area (Å²) in [5.41, 5.74) is 1.73. The summed E-state index contributed by atoms with van der Waals surface area (Å²) in [5, 5.41) is 2.66. The molecule has 3 rings (SSSR count). The Kier molecular flexibility index (Phi) is 6.95. The molecule has 3 aromatic rings. The predicted octanol–water partition coefficient (Wildman–Crippen LogP) is 3.87. The average Bonchev–Trinajstić information content (AvgIpc) is 2.79. The molecule has 0 aliphatic rings. The van der Waals surface area contributed by atoms with Crippen molar-refractivity contribution in [2.24, 2.45) is 0 Å². The lowest BCUT2D eigenvalue weighted by atomic mass is 10.0. The molecule has 0 aromatic heterocycles. The molecule has 1 atom stereocenters. The molecular formula is C24H21NO5. The summed E-state index contributed by atoms with van der Waals surface area (Å²) in [6, 6.07) is 24.3. The van der Waals surface area contributed by atoms with E-state index < -0.39 is 18.0 Å². The van der Waals surface area contributed by atoms with Crippen molar-refractivity contribution in [2.45, 2.75) is 13.0 Å². The zero-order chi connectivity index (χ0) is 21.3. The minimum atomic E-state index is -0.966. The number of nitrogens with one attached hydrogen (secondary N) is 1. The maximum Gasteiger partial charge on any atom is 0.344 e. The highest BCUT2D eigenvalue weighted by Crippen LogP contribution is 2.16. The molecule has 1 N–H and O–H groups in total. The first-order valence-electron chi connectivity index (χ1n) is 9.41. The van der Waals surface area contributed by atoms with Crippen molar-refractivity contribution >= 4 is 23.3 Å². The molecule has 6 heteroatoms. The van der Waals surface area contributed by atoms with Crippen LogP contribution in [0.15, 0.2) is 84.9 Å². The van der Waals surface area contributed by atoms with Crippen molar-refractivity contribution in [3.05, 3.63) is 96.1 Å². The number of benzene rings is 3. The molecule has 0 radical (unpaired) electrons. The molecule has 0 unspecified atom stereocenters. The van der Waals surface area contributed by atoms with Crippen LogP contribution in [0.5, 0.6) is 5.75 Å². The predicted molar refractivity (Wildman–Crippen MR) is 112 cm³/mol. The molecule has 0 bridgehead atoms. The van der Waals surface area contributed by atoms with Gasteiger partial charge in [-0.05, 0) is 43.3 Å². The Morgan fingerprint density at radius 1 is 0.800 bits per heavy atom. The van der Waals surface area contributed by atoms with Gasteiger partial charge in [-0.3, -0.25) is 9.59 Å². The standard InChI is InChI=1S/C24H21NO5/c1-17(24(28)25-20-10-6-3-7-11-20)30-22(26)16-29-21-14-12-19(13-15-21)23(27)18-8-4-2-5-9-18/h2-15,17H,16H2,1H3,(H,25,28)/t17-/m0/s1. The van der Waals surface area contributed by atoms with E-state index in [4.69, 9.17) is 9.47 Å². The molecule has 0 saturated carbocycles. The minimum Gasteiger partial charge on any atom is -0.482 e. The fourth-order valence-corrected chi connectivity index (χ4v) is 2.65. The third-order valence-electron chi connectivity index (χ3n) is 4.23. The first kappa shape index (κ1) is 20.8. The van der Waals surface area contributed by atoms with Gasteiger partial charge >= 0.3 is 5.97 Å². The van der Waals surface area contributed by atoms with Crippen molar-refractivity contribution in [1.82, 2.24) is 0 Å². The Morgan fingerprint density at radius 3 is 2.00 bits per heavy atom. The Bertz CT molecular complexity index is 1000. The van der Waals surface area contributed by atoms with Crippen LogP contribution in [0.3, 0.4) is 0 Å². The van der Waals surface area contributed by atoms with Gasteiger partial charge in [-0.1, -0.05) is 48.5 Å². The van der Waals surface area contributed by atoms with E-state index in [2.05, 4.69) is 5.32 Å². The first-order valence-corrected chi connectivity index (χ1v) is 9.41. The number of ether oxygens (including phenoxy) is 2. The SMILES string of the molecule is C[C@H](OC(=O)COc1ccc(C(=O)c2ccccc2)cc1)C(=O)Nc1ccccc1. The van der Waals surface area contributed by atoms with Gasteiger partial charge in [-0.15, -0.1) is 0 Å². The van der Waals surface area contributed by atoms with Gasteiger partial charge in [0.25, 0.3) is 5.91 Å². The maximum absolute atomic E-state index is 12.4. The number of rotatable bonds is 8. The molecule has 30 heavy (non-hydrogen) atoms. The maximum atomic E-state index is 12.4. The Hall–Kier alpha value is -3.93. The second-order valence-corrected chi connectivity index (χ2v) is 6.50. The lowest BCUT2D eigenvalue weighted by Crippen LogP contribution is -2.31. The van der Waals surface area contributed by atoms with E-state index in [1.54, 1.807) is 72.8 Å². The van der Waals surface area contributed by atoms with Crippen LogP contribution in [-0.2, 0) is 14.3 Å². The van der Waals surface area contributed by atoms with E-state index in [1.165, 1.54) is 6.92 Å². The molecule has 0 aliphatic heterocycles. The Labute approximate surface area is 174 Å². The molecule has 0 fully saturated rings. The van der Waals surface area contributed by atoms with Gasteiger partial charge in [0, 0.05) is 16.8 Å². The molecule has 0 heterocycles. The number of anilines is 1. The van der Waals surface area contributed by atoms with Crippen molar-refractivity contribution in [3.8, 4) is 5.75 Å². The molecule has 152 valence electrons. The summed E-state index contributed by atoms with van der Waals surface area (Å²) in [5.74, 6) is -0.786. The summed E-state index contributed by atoms with van der Waals surface area (Å²) in [4.78, 5) is 36.4. The minimum absolute atomic E-state index is 0.0974. The number of esters is 1. The topological polar surface area (TPSA) is 81.7 Å². The molecule has 1 amide bonds. The number of carbonyl (C=O) groups is 3. The van der Waals surface area contributed by atoms with E-state index in [1.807, 2.05) is 12.1 Å². The van der Waals surface area contributed by atoms with Crippen LogP contribution >= 0.6 is 0 Å². The summed E-state index contributed by atoms with van der Waals surface area (Å²) < 4.78 is 10.5. The molecule has 0 spiro atoms. The van der Waals surface area contributed by atoms with Gasteiger partial charge in [0.05, 0.1) is 0 Å². The Balaban J connectivity index is 1.47. The molecule has 0 aliphatic carbocycles. The van der Waals surface area contributed by atoms with Crippen LogP contribution in [-0.4, -0.2) is 30.4 Å².